The summed E-state index contributed by atoms with van der Waals surface area (Å²) in [6.45, 7) is 0. The molecule has 1 aliphatic rings. The van der Waals surface area contributed by atoms with Crippen LogP contribution in [0, 0.1) is 0 Å². The Balaban J connectivity index is 1.59. The van der Waals surface area contributed by atoms with Gasteiger partial charge in [-0.2, -0.15) is 9.50 Å². The molecule has 0 aliphatic carbocycles. The van der Waals surface area contributed by atoms with Crippen LogP contribution in [0.15, 0.2) is 72.8 Å². The van der Waals surface area contributed by atoms with Gasteiger partial charge in [0.25, 0.3) is 11.8 Å². The SMILES string of the molecule is O=C1c2ccccc2C(=O)N1c1nn2c(O)cc(O)nc2c1Cc1cccc2ccccc12. The van der Waals surface area contributed by atoms with Crippen LogP contribution in [0.3, 0.4) is 0 Å². The predicted octanol–water partition coefficient (Wildman–Crippen LogP) is 3.69. The number of aromatic hydroxyl groups is 2. The normalized spacial score (nSPS) is 13.3. The molecule has 0 fully saturated rings. The Morgan fingerprint density at radius 3 is 2.24 bits per heavy atom. The van der Waals surface area contributed by atoms with Crippen molar-refractivity contribution in [3.8, 4) is 11.8 Å². The van der Waals surface area contributed by atoms with Gasteiger partial charge in [0.15, 0.2) is 11.5 Å². The van der Waals surface area contributed by atoms with E-state index in [1.54, 1.807) is 24.3 Å². The zero-order chi connectivity index (χ0) is 22.7. The Morgan fingerprint density at radius 1 is 0.818 bits per heavy atom. The maximum absolute atomic E-state index is 13.2. The van der Waals surface area contributed by atoms with Gasteiger partial charge in [-0.25, -0.2) is 4.90 Å². The van der Waals surface area contributed by atoms with Gasteiger partial charge in [0.1, 0.15) is 0 Å². The molecule has 0 spiro atoms. The Morgan fingerprint density at radius 2 is 1.48 bits per heavy atom. The number of aromatic nitrogens is 3. The molecule has 2 amide bonds. The highest BCUT2D eigenvalue weighted by Gasteiger charge is 2.40. The van der Waals surface area contributed by atoms with Crippen LogP contribution in [0.4, 0.5) is 5.82 Å². The summed E-state index contributed by atoms with van der Waals surface area (Å²) in [6.07, 6.45) is 0.267. The lowest BCUT2D eigenvalue weighted by Crippen LogP contribution is -2.30. The Kier molecular flexibility index (Phi) is 3.97. The number of nitrogens with zero attached hydrogens (tertiary/aromatic N) is 4. The van der Waals surface area contributed by atoms with Crippen molar-refractivity contribution in [2.45, 2.75) is 6.42 Å². The second kappa shape index (κ2) is 6.89. The summed E-state index contributed by atoms with van der Waals surface area (Å²) >= 11 is 0. The van der Waals surface area contributed by atoms with Gasteiger partial charge in [-0.15, -0.1) is 5.10 Å². The fourth-order valence-electron chi connectivity index (χ4n) is 4.38. The van der Waals surface area contributed by atoms with Gasteiger partial charge in [0, 0.05) is 12.0 Å². The van der Waals surface area contributed by atoms with Crippen LogP contribution >= 0.6 is 0 Å². The molecule has 33 heavy (non-hydrogen) atoms. The van der Waals surface area contributed by atoms with E-state index in [0.717, 1.165) is 31.8 Å². The average molecular weight is 436 g/mol. The molecule has 0 radical (unpaired) electrons. The molecule has 0 atom stereocenters. The minimum Gasteiger partial charge on any atom is -0.493 e. The highest BCUT2D eigenvalue weighted by Crippen LogP contribution is 2.35. The first-order chi connectivity index (χ1) is 16.0. The molecule has 6 rings (SSSR count). The molecule has 0 saturated carbocycles. The minimum absolute atomic E-state index is 0.0718. The maximum Gasteiger partial charge on any atom is 0.267 e. The molecule has 0 unspecified atom stereocenters. The van der Waals surface area contributed by atoms with Crippen molar-refractivity contribution in [3.63, 3.8) is 0 Å². The molecule has 5 aromatic rings. The Bertz CT molecular complexity index is 1580. The van der Waals surface area contributed by atoms with E-state index in [9.17, 15) is 19.8 Å². The number of anilines is 1. The van der Waals surface area contributed by atoms with Crippen molar-refractivity contribution in [2.24, 2.45) is 0 Å². The van der Waals surface area contributed by atoms with Crippen LogP contribution in [0.1, 0.15) is 31.8 Å². The molecule has 0 saturated heterocycles. The minimum atomic E-state index is -0.498. The average Bonchev–Trinajstić information content (AvgIpc) is 3.29. The van der Waals surface area contributed by atoms with Gasteiger partial charge >= 0.3 is 0 Å². The standard InChI is InChI=1S/C25H16N4O4/c30-20-13-21(31)29-22(26-20)19(12-15-8-5-7-14-6-1-2-9-16(14)15)23(27-29)28-24(32)17-10-3-4-11-18(17)25(28)33/h1-11,13,31H,12H2,(H,26,30). The second-order valence-corrected chi connectivity index (χ2v) is 7.82. The molecular formula is C25H16N4O4. The fourth-order valence-corrected chi connectivity index (χ4v) is 4.38. The van der Waals surface area contributed by atoms with Crippen LogP contribution in [0.5, 0.6) is 11.8 Å². The van der Waals surface area contributed by atoms with Gasteiger partial charge < -0.3 is 10.2 Å². The van der Waals surface area contributed by atoms with E-state index in [-0.39, 0.29) is 34.9 Å². The number of carbonyl (C=O) groups excluding carboxylic acids is 2. The number of rotatable bonds is 3. The number of hydrogen-bond donors (Lipinski definition) is 2. The monoisotopic (exact) mass is 436 g/mol. The number of imide groups is 1. The first-order valence-corrected chi connectivity index (χ1v) is 10.3. The van der Waals surface area contributed by atoms with Gasteiger partial charge in [0.2, 0.25) is 11.8 Å². The third-order valence-electron chi connectivity index (χ3n) is 5.88. The zero-order valence-corrected chi connectivity index (χ0v) is 17.1. The lowest BCUT2D eigenvalue weighted by molar-refractivity contribution is 0.0924. The van der Waals surface area contributed by atoms with Crippen LogP contribution in [-0.4, -0.2) is 36.6 Å². The summed E-state index contributed by atoms with van der Waals surface area (Å²) in [7, 11) is 0. The molecule has 8 heteroatoms. The van der Waals surface area contributed by atoms with Crippen molar-refractivity contribution in [3.05, 3.63) is 95.1 Å². The van der Waals surface area contributed by atoms with E-state index in [1.165, 1.54) is 0 Å². The van der Waals surface area contributed by atoms with Gasteiger partial charge in [0.05, 0.1) is 17.2 Å². The largest absolute Gasteiger partial charge is 0.493 e. The third-order valence-corrected chi connectivity index (χ3v) is 5.88. The topological polar surface area (TPSA) is 108 Å². The Labute approximate surface area is 187 Å². The predicted molar refractivity (Wildman–Crippen MR) is 121 cm³/mol. The smallest absolute Gasteiger partial charge is 0.267 e. The molecular weight excluding hydrogens is 420 g/mol. The molecule has 1 aliphatic heterocycles. The molecule has 3 aromatic carbocycles. The van der Waals surface area contributed by atoms with E-state index < -0.39 is 17.7 Å². The number of benzene rings is 3. The number of fused-ring (bicyclic) bond motifs is 3. The summed E-state index contributed by atoms with van der Waals surface area (Å²) in [5.74, 6) is -1.68. The maximum atomic E-state index is 13.2. The van der Waals surface area contributed by atoms with Crippen LogP contribution in [0.25, 0.3) is 16.4 Å². The number of carbonyl (C=O) groups is 2. The Hall–Kier alpha value is -4.72. The summed E-state index contributed by atoms with van der Waals surface area (Å²) in [6, 6.07) is 21.4. The summed E-state index contributed by atoms with van der Waals surface area (Å²) in [5.41, 5.74) is 2.09. The molecule has 8 nitrogen and oxygen atoms in total. The summed E-state index contributed by atoms with van der Waals surface area (Å²) < 4.78 is 1.12. The van der Waals surface area contributed by atoms with Crippen molar-refractivity contribution < 1.29 is 19.8 Å². The van der Waals surface area contributed by atoms with E-state index in [4.69, 9.17) is 0 Å². The van der Waals surface area contributed by atoms with Crippen molar-refractivity contribution >= 4 is 34.1 Å². The van der Waals surface area contributed by atoms with E-state index in [2.05, 4.69) is 10.1 Å². The summed E-state index contributed by atoms with van der Waals surface area (Å²) in [5, 5.41) is 26.8. The summed E-state index contributed by atoms with van der Waals surface area (Å²) in [4.78, 5) is 31.5. The first kappa shape index (κ1) is 19.0. The van der Waals surface area contributed by atoms with Gasteiger partial charge in [-0.3, -0.25) is 9.59 Å². The van der Waals surface area contributed by atoms with Gasteiger partial charge in [-0.1, -0.05) is 54.6 Å². The van der Waals surface area contributed by atoms with Crippen LogP contribution in [0.2, 0.25) is 0 Å². The second-order valence-electron chi connectivity index (χ2n) is 7.82. The van der Waals surface area contributed by atoms with Crippen LogP contribution in [-0.2, 0) is 6.42 Å². The molecule has 2 N–H and O–H groups in total. The number of amides is 2. The van der Waals surface area contributed by atoms with E-state index >= 15 is 0 Å². The highest BCUT2D eigenvalue weighted by atomic mass is 16.3. The number of hydrogen-bond acceptors (Lipinski definition) is 6. The highest BCUT2D eigenvalue weighted by molar-refractivity contribution is 6.34. The van der Waals surface area contributed by atoms with Crippen molar-refractivity contribution in [1.29, 1.82) is 0 Å². The molecule has 160 valence electrons. The lowest BCUT2D eigenvalue weighted by atomic mass is 9.99. The molecule has 3 heterocycles. The van der Waals surface area contributed by atoms with Crippen molar-refractivity contribution in [2.75, 3.05) is 4.90 Å². The first-order valence-electron chi connectivity index (χ1n) is 10.3. The van der Waals surface area contributed by atoms with Crippen LogP contribution < -0.4 is 4.90 Å². The molecule has 2 aromatic heterocycles. The van der Waals surface area contributed by atoms with Crippen molar-refractivity contribution in [1.82, 2.24) is 14.6 Å². The van der Waals surface area contributed by atoms with Gasteiger partial charge in [-0.05, 0) is 28.5 Å². The molecule has 0 bridgehead atoms. The third kappa shape index (κ3) is 2.77. The quantitative estimate of drug-likeness (QED) is 0.418. The zero-order valence-electron chi connectivity index (χ0n) is 17.1. The van der Waals surface area contributed by atoms with E-state index in [1.807, 2.05) is 42.5 Å². The van der Waals surface area contributed by atoms with E-state index in [0.29, 0.717) is 5.56 Å². The lowest BCUT2D eigenvalue weighted by Gasteiger charge is -2.13. The fraction of sp³-hybridized carbons (Fsp3) is 0.0400.